The molecule has 0 radical (unpaired) electrons. The topological polar surface area (TPSA) is 35.0 Å². The van der Waals surface area contributed by atoms with Crippen LogP contribution in [0, 0.1) is 6.92 Å². The van der Waals surface area contributed by atoms with Gasteiger partial charge in [0.1, 0.15) is 5.75 Å². The van der Waals surface area contributed by atoms with Crippen molar-refractivity contribution in [3.8, 4) is 17.0 Å². The molecule has 0 N–H and O–H groups in total. The lowest BCUT2D eigenvalue weighted by Gasteiger charge is -2.15. The van der Waals surface area contributed by atoms with Crippen LogP contribution in [0.1, 0.15) is 48.5 Å². The molecule has 0 bridgehead atoms. The maximum Gasteiger partial charge on any atom is 0.128 e. The summed E-state index contributed by atoms with van der Waals surface area (Å²) in [6, 6.07) is 4.48. The molecule has 3 heteroatoms. The second-order valence-electron chi connectivity index (χ2n) is 5.93. The zero-order valence-corrected chi connectivity index (χ0v) is 14.0. The van der Waals surface area contributed by atoms with Gasteiger partial charge in [0.25, 0.3) is 0 Å². The van der Waals surface area contributed by atoms with E-state index in [0.717, 1.165) is 59.8 Å². The van der Waals surface area contributed by atoms with Gasteiger partial charge in [0, 0.05) is 5.56 Å². The van der Waals surface area contributed by atoms with Gasteiger partial charge >= 0.3 is 0 Å². The fourth-order valence-corrected chi connectivity index (χ4v) is 3.35. The number of methoxy groups -OCH3 is 1. The first-order valence-electron chi connectivity index (χ1n) is 8.24. The number of aryl methyl sites for hydroxylation is 5. The summed E-state index contributed by atoms with van der Waals surface area (Å²) in [5.41, 5.74) is 8.15. The van der Waals surface area contributed by atoms with Gasteiger partial charge in [-0.25, -0.2) is 4.98 Å². The minimum atomic E-state index is 0.882. The van der Waals surface area contributed by atoms with Crippen molar-refractivity contribution in [3.05, 3.63) is 40.3 Å². The Kier molecular flexibility index (Phi) is 4.14. The van der Waals surface area contributed by atoms with E-state index in [1.807, 2.05) is 0 Å². The first kappa shape index (κ1) is 15.0. The Morgan fingerprint density at radius 1 is 1.00 bits per heavy atom. The van der Waals surface area contributed by atoms with Crippen LogP contribution in [0.15, 0.2) is 12.1 Å². The van der Waals surface area contributed by atoms with Crippen molar-refractivity contribution in [2.45, 2.75) is 52.9 Å². The van der Waals surface area contributed by atoms with Gasteiger partial charge in [0.15, 0.2) is 0 Å². The molecule has 0 aliphatic heterocycles. The molecular formula is C19H24N2O. The molecule has 2 aromatic rings. The summed E-state index contributed by atoms with van der Waals surface area (Å²) in [4.78, 5) is 9.71. The third kappa shape index (κ3) is 2.49. The van der Waals surface area contributed by atoms with Crippen molar-refractivity contribution < 1.29 is 4.74 Å². The highest BCUT2D eigenvalue weighted by atomic mass is 16.5. The molecule has 22 heavy (non-hydrogen) atoms. The molecule has 0 amide bonds. The van der Waals surface area contributed by atoms with Crippen molar-refractivity contribution >= 4 is 0 Å². The summed E-state index contributed by atoms with van der Waals surface area (Å²) in [5, 5.41) is 0. The highest BCUT2D eigenvalue weighted by Crippen LogP contribution is 2.37. The van der Waals surface area contributed by atoms with Crippen LogP contribution in [-0.2, 0) is 25.7 Å². The fraction of sp³-hybridized carbons (Fsp3) is 0.474. The second kappa shape index (κ2) is 6.07. The van der Waals surface area contributed by atoms with Crippen LogP contribution < -0.4 is 4.74 Å². The summed E-state index contributed by atoms with van der Waals surface area (Å²) >= 11 is 0. The highest BCUT2D eigenvalue weighted by molar-refractivity contribution is 5.71. The Morgan fingerprint density at radius 2 is 1.68 bits per heavy atom. The lowest BCUT2D eigenvalue weighted by atomic mass is 10.00. The molecular weight excluding hydrogens is 272 g/mol. The average Bonchev–Trinajstić information content (AvgIpc) is 3.00. The first-order chi connectivity index (χ1) is 10.7. The summed E-state index contributed by atoms with van der Waals surface area (Å²) in [6.07, 6.45) is 5.35. The van der Waals surface area contributed by atoms with E-state index in [9.17, 15) is 0 Å². The number of aromatic nitrogens is 2. The minimum absolute atomic E-state index is 0.882. The molecule has 116 valence electrons. The van der Waals surface area contributed by atoms with Crippen molar-refractivity contribution in [1.29, 1.82) is 0 Å². The van der Waals surface area contributed by atoms with Gasteiger partial charge in [0.2, 0.25) is 0 Å². The molecule has 0 atom stereocenters. The lowest BCUT2D eigenvalue weighted by molar-refractivity contribution is 0.415. The van der Waals surface area contributed by atoms with Crippen LogP contribution in [-0.4, -0.2) is 17.1 Å². The maximum absolute atomic E-state index is 5.66. The van der Waals surface area contributed by atoms with Crippen LogP contribution in [0.3, 0.4) is 0 Å². The summed E-state index contributed by atoms with van der Waals surface area (Å²) in [7, 11) is 1.74. The highest BCUT2D eigenvalue weighted by Gasteiger charge is 2.20. The largest absolute Gasteiger partial charge is 0.496 e. The van der Waals surface area contributed by atoms with E-state index < -0.39 is 0 Å². The normalized spacial score (nSPS) is 13.3. The fourth-order valence-electron chi connectivity index (χ4n) is 3.35. The van der Waals surface area contributed by atoms with Crippen LogP contribution in [0.5, 0.6) is 5.75 Å². The van der Waals surface area contributed by atoms with Crippen LogP contribution in [0.25, 0.3) is 11.3 Å². The van der Waals surface area contributed by atoms with Gasteiger partial charge in [-0.3, -0.25) is 4.98 Å². The molecule has 0 unspecified atom stereocenters. The smallest absolute Gasteiger partial charge is 0.128 e. The molecule has 0 saturated heterocycles. The Bertz CT molecular complexity index is 698. The van der Waals surface area contributed by atoms with Gasteiger partial charge < -0.3 is 4.74 Å². The van der Waals surface area contributed by atoms with Crippen molar-refractivity contribution in [2.24, 2.45) is 0 Å². The minimum Gasteiger partial charge on any atom is -0.496 e. The quantitative estimate of drug-likeness (QED) is 0.853. The Hall–Kier alpha value is -1.90. The number of fused-ring (bicyclic) bond motifs is 1. The van der Waals surface area contributed by atoms with E-state index >= 15 is 0 Å². The van der Waals surface area contributed by atoms with E-state index in [1.165, 1.54) is 17.5 Å². The predicted octanol–water partition coefficient (Wildman–Crippen LogP) is 4.07. The van der Waals surface area contributed by atoms with Gasteiger partial charge in [-0.2, -0.15) is 0 Å². The number of nitrogens with zero attached hydrogens (tertiary/aromatic N) is 2. The van der Waals surface area contributed by atoms with E-state index in [0.29, 0.717) is 0 Å². The zero-order chi connectivity index (χ0) is 15.7. The second-order valence-corrected chi connectivity index (χ2v) is 5.93. The molecule has 0 fully saturated rings. The van der Waals surface area contributed by atoms with Gasteiger partial charge in [0.05, 0.1) is 29.9 Å². The molecule has 1 aliphatic rings. The Morgan fingerprint density at radius 3 is 2.32 bits per heavy atom. The summed E-state index contributed by atoms with van der Waals surface area (Å²) in [6.45, 7) is 6.32. The SMILES string of the molecule is CCc1nc(-c2cc3c(cc2OC)CCC3)c(CC)nc1C. The molecule has 1 heterocycles. The molecule has 0 saturated carbocycles. The molecule has 1 aromatic heterocycles. The van der Waals surface area contributed by atoms with Gasteiger partial charge in [-0.15, -0.1) is 0 Å². The van der Waals surface area contributed by atoms with E-state index in [4.69, 9.17) is 14.7 Å². The number of benzene rings is 1. The Labute approximate surface area is 132 Å². The van der Waals surface area contributed by atoms with Crippen molar-refractivity contribution in [3.63, 3.8) is 0 Å². The molecule has 3 nitrogen and oxygen atoms in total. The molecule has 1 aromatic carbocycles. The third-order valence-electron chi connectivity index (χ3n) is 4.58. The first-order valence-corrected chi connectivity index (χ1v) is 8.24. The number of hydrogen-bond donors (Lipinski definition) is 0. The standard InChI is InChI=1S/C19H24N2O/c1-5-16-12(3)20-17(6-2)19(21-16)15-10-13-8-7-9-14(13)11-18(15)22-4/h10-11H,5-9H2,1-4H3. The van der Waals surface area contributed by atoms with Crippen LogP contribution in [0.4, 0.5) is 0 Å². The maximum atomic E-state index is 5.66. The van der Waals surface area contributed by atoms with Crippen molar-refractivity contribution in [2.75, 3.05) is 7.11 Å². The molecule has 3 rings (SSSR count). The zero-order valence-electron chi connectivity index (χ0n) is 14.0. The van der Waals surface area contributed by atoms with E-state index in [-0.39, 0.29) is 0 Å². The number of rotatable bonds is 4. The van der Waals surface area contributed by atoms with Gasteiger partial charge in [-0.05, 0) is 62.3 Å². The molecule has 1 aliphatic carbocycles. The summed E-state index contributed by atoms with van der Waals surface area (Å²) < 4.78 is 5.66. The number of hydrogen-bond acceptors (Lipinski definition) is 3. The number of ether oxygens (including phenoxy) is 1. The lowest BCUT2D eigenvalue weighted by Crippen LogP contribution is -2.05. The van der Waals surface area contributed by atoms with E-state index in [1.54, 1.807) is 7.11 Å². The monoisotopic (exact) mass is 296 g/mol. The van der Waals surface area contributed by atoms with Crippen LogP contribution >= 0.6 is 0 Å². The van der Waals surface area contributed by atoms with Crippen LogP contribution in [0.2, 0.25) is 0 Å². The Balaban J connectivity index is 2.22. The average molecular weight is 296 g/mol. The summed E-state index contributed by atoms with van der Waals surface area (Å²) in [5.74, 6) is 0.926. The van der Waals surface area contributed by atoms with E-state index in [2.05, 4.69) is 32.9 Å². The van der Waals surface area contributed by atoms with Gasteiger partial charge in [-0.1, -0.05) is 13.8 Å². The van der Waals surface area contributed by atoms with Crippen molar-refractivity contribution in [1.82, 2.24) is 9.97 Å². The third-order valence-corrected chi connectivity index (χ3v) is 4.58. The molecule has 0 spiro atoms. The predicted molar refractivity (Wildman–Crippen MR) is 89.5 cm³/mol.